The largest absolute Gasteiger partial charge is 0.452 e. The number of aryl methyl sites for hydroxylation is 1. The number of hydrogen-bond acceptors (Lipinski definition) is 3. The number of carbonyl (C=O) groups is 2. The topological polar surface area (TPSA) is 55.4 Å². The van der Waals surface area contributed by atoms with Gasteiger partial charge in [0, 0.05) is 10.2 Å². The molecule has 0 saturated carbocycles. The Morgan fingerprint density at radius 2 is 2.00 bits per heavy atom. The summed E-state index contributed by atoms with van der Waals surface area (Å²) in [5, 5.41) is 2.66. The number of hydrogen-bond donors (Lipinski definition) is 1. The van der Waals surface area contributed by atoms with E-state index in [1.54, 1.807) is 6.07 Å². The van der Waals surface area contributed by atoms with Crippen molar-refractivity contribution in [2.75, 3.05) is 11.9 Å². The molecule has 1 amide bonds. The van der Waals surface area contributed by atoms with Crippen LogP contribution in [0.5, 0.6) is 0 Å². The summed E-state index contributed by atoms with van der Waals surface area (Å²) in [7, 11) is 0. The molecule has 6 heteroatoms. The van der Waals surface area contributed by atoms with E-state index in [4.69, 9.17) is 4.74 Å². The minimum atomic E-state index is -0.700. The van der Waals surface area contributed by atoms with Gasteiger partial charge >= 0.3 is 5.97 Å². The highest BCUT2D eigenvalue weighted by atomic mass is 79.9. The van der Waals surface area contributed by atoms with Crippen LogP contribution in [0.1, 0.15) is 22.8 Å². The summed E-state index contributed by atoms with van der Waals surface area (Å²) in [6.45, 7) is 1.60. The molecule has 0 heterocycles. The van der Waals surface area contributed by atoms with Gasteiger partial charge in [-0.15, -0.1) is 0 Å². The molecule has 0 aliphatic heterocycles. The quantitative estimate of drug-likeness (QED) is 0.800. The maximum absolute atomic E-state index is 13.0. The minimum Gasteiger partial charge on any atom is -0.452 e. The van der Waals surface area contributed by atoms with Gasteiger partial charge in [-0.1, -0.05) is 19.1 Å². The van der Waals surface area contributed by atoms with Gasteiger partial charge in [-0.25, -0.2) is 9.18 Å². The van der Waals surface area contributed by atoms with E-state index in [-0.39, 0.29) is 10.0 Å². The van der Waals surface area contributed by atoms with Crippen molar-refractivity contribution in [3.63, 3.8) is 0 Å². The van der Waals surface area contributed by atoms with Crippen molar-refractivity contribution in [3.05, 3.63) is 63.9 Å². The minimum absolute atomic E-state index is 0.159. The first-order valence-electron chi connectivity index (χ1n) is 7.00. The zero-order valence-corrected chi connectivity index (χ0v) is 14.0. The molecule has 1 N–H and O–H groups in total. The number of esters is 1. The highest BCUT2D eigenvalue weighted by Gasteiger charge is 2.14. The van der Waals surface area contributed by atoms with Crippen molar-refractivity contribution in [1.29, 1.82) is 0 Å². The molecule has 0 bridgehead atoms. The fourth-order valence-electron chi connectivity index (χ4n) is 1.93. The molecule has 0 radical (unpaired) electrons. The van der Waals surface area contributed by atoms with E-state index in [9.17, 15) is 14.0 Å². The van der Waals surface area contributed by atoms with Crippen molar-refractivity contribution in [2.24, 2.45) is 0 Å². The molecular formula is C17H15BrFNO3. The Bertz CT molecular complexity index is 734. The van der Waals surface area contributed by atoms with Crippen LogP contribution in [0.2, 0.25) is 0 Å². The van der Waals surface area contributed by atoms with Gasteiger partial charge < -0.3 is 10.1 Å². The summed E-state index contributed by atoms with van der Waals surface area (Å²) in [4.78, 5) is 23.7. The van der Waals surface area contributed by atoms with Crippen LogP contribution < -0.4 is 5.32 Å². The first-order chi connectivity index (χ1) is 11.0. The number of carbonyl (C=O) groups excluding carboxylic acids is 2. The first kappa shape index (κ1) is 17.1. The maximum atomic E-state index is 13.0. The highest BCUT2D eigenvalue weighted by Crippen LogP contribution is 2.19. The zero-order chi connectivity index (χ0) is 16.8. The molecule has 4 nitrogen and oxygen atoms in total. The van der Waals surface area contributed by atoms with Gasteiger partial charge in [0.1, 0.15) is 5.82 Å². The molecule has 0 aliphatic carbocycles. The van der Waals surface area contributed by atoms with Crippen LogP contribution in [0.4, 0.5) is 10.1 Å². The Balaban J connectivity index is 1.92. The van der Waals surface area contributed by atoms with E-state index in [0.717, 1.165) is 24.1 Å². The predicted molar refractivity (Wildman–Crippen MR) is 88.8 cm³/mol. The molecule has 23 heavy (non-hydrogen) atoms. The Morgan fingerprint density at radius 1 is 1.22 bits per heavy atom. The third-order valence-electron chi connectivity index (χ3n) is 3.10. The maximum Gasteiger partial charge on any atom is 0.339 e. The van der Waals surface area contributed by atoms with Crippen molar-refractivity contribution >= 4 is 33.5 Å². The fraction of sp³-hybridized carbons (Fsp3) is 0.176. The van der Waals surface area contributed by atoms with E-state index in [0.29, 0.717) is 5.69 Å². The molecule has 0 aromatic heterocycles. The van der Waals surface area contributed by atoms with E-state index in [1.807, 2.05) is 25.1 Å². The Kier molecular flexibility index (Phi) is 5.87. The molecule has 0 unspecified atom stereocenters. The molecule has 0 aliphatic rings. The second kappa shape index (κ2) is 7.87. The molecule has 0 atom stereocenters. The molecule has 0 fully saturated rings. The SMILES string of the molecule is CCc1cccc(NC(=O)COC(=O)c2ccc(F)cc2Br)c1. The third-order valence-corrected chi connectivity index (χ3v) is 3.76. The molecule has 0 spiro atoms. The number of nitrogens with one attached hydrogen (secondary N) is 1. The molecule has 2 aromatic rings. The number of benzene rings is 2. The van der Waals surface area contributed by atoms with Crippen LogP contribution in [0, 0.1) is 5.82 Å². The lowest BCUT2D eigenvalue weighted by Gasteiger charge is -2.08. The summed E-state index contributed by atoms with van der Waals surface area (Å²) < 4.78 is 18.2. The number of anilines is 1. The molecule has 120 valence electrons. The normalized spacial score (nSPS) is 10.2. The van der Waals surface area contributed by atoms with E-state index in [1.165, 1.54) is 6.07 Å². The molecule has 2 rings (SSSR count). The van der Waals surface area contributed by atoms with Crippen molar-refractivity contribution < 1.29 is 18.7 Å². The number of ether oxygens (including phenoxy) is 1. The smallest absolute Gasteiger partial charge is 0.339 e. The van der Waals surface area contributed by atoms with Gasteiger partial charge in [-0.3, -0.25) is 4.79 Å². The van der Waals surface area contributed by atoms with Crippen molar-refractivity contribution in [3.8, 4) is 0 Å². The summed E-state index contributed by atoms with van der Waals surface area (Å²) in [6, 6.07) is 11.0. The predicted octanol–water partition coefficient (Wildman–Crippen LogP) is 3.95. The van der Waals surface area contributed by atoms with Gasteiger partial charge in [0.05, 0.1) is 5.56 Å². The van der Waals surface area contributed by atoms with Gasteiger partial charge in [0.15, 0.2) is 6.61 Å². The van der Waals surface area contributed by atoms with Gasteiger partial charge in [0.25, 0.3) is 5.91 Å². The zero-order valence-electron chi connectivity index (χ0n) is 12.4. The van der Waals surface area contributed by atoms with E-state index < -0.39 is 24.3 Å². The lowest BCUT2D eigenvalue weighted by molar-refractivity contribution is -0.119. The van der Waals surface area contributed by atoms with E-state index >= 15 is 0 Å². The van der Waals surface area contributed by atoms with Crippen LogP contribution in [0.15, 0.2) is 46.9 Å². The number of rotatable bonds is 5. The Hall–Kier alpha value is -2.21. The average molecular weight is 380 g/mol. The summed E-state index contributed by atoms with van der Waals surface area (Å²) in [6.07, 6.45) is 0.858. The summed E-state index contributed by atoms with van der Waals surface area (Å²) in [5.74, 6) is -1.61. The Labute approximate surface area is 141 Å². The molecule has 0 saturated heterocycles. The van der Waals surface area contributed by atoms with E-state index in [2.05, 4.69) is 21.2 Å². The summed E-state index contributed by atoms with van der Waals surface area (Å²) >= 11 is 3.08. The summed E-state index contributed by atoms with van der Waals surface area (Å²) in [5.41, 5.74) is 1.90. The van der Waals surface area contributed by atoms with Crippen molar-refractivity contribution in [1.82, 2.24) is 0 Å². The third kappa shape index (κ3) is 4.89. The second-order valence-electron chi connectivity index (χ2n) is 4.80. The fourth-order valence-corrected chi connectivity index (χ4v) is 2.44. The lowest BCUT2D eigenvalue weighted by atomic mass is 10.1. The monoisotopic (exact) mass is 379 g/mol. The van der Waals surface area contributed by atoms with Crippen molar-refractivity contribution in [2.45, 2.75) is 13.3 Å². The van der Waals surface area contributed by atoms with Gasteiger partial charge in [0.2, 0.25) is 0 Å². The second-order valence-corrected chi connectivity index (χ2v) is 5.66. The highest BCUT2D eigenvalue weighted by molar-refractivity contribution is 9.10. The van der Waals surface area contributed by atoms with Gasteiger partial charge in [-0.2, -0.15) is 0 Å². The van der Waals surface area contributed by atoms with Crippen LogP contribution >= 0.6 is 15.9 Å². The number of amides is 1. The van der Waals surface area contributed by atoms with Crippen LogP contribution in [-0.4, -0.2) is 18.5 Å². The first-order valence-corrected chi connectivity index (χ1v) is 7.80. The lowest BCUT2D eigenvalue weighted by Crippen LogP contribution is -2.21. The van der Waals surface area contributed by atoms with Crippen LogP contribution in [-0.2, 0) is 16.0 Å². The van der Waals surface area contributed by atoms with Crippen LogP contribution in [0.3, 0.4) is 0 Å². The number of halogens is 2. The van der Waals surface area contributed by atoms with Gasteiger partial charge in [-0.05, 0) is 58.2 Å². The molecular weight excluding hydrogens is 365 g/mol. The standard InChI is InChI=1S/C17H15BrFNO3/c1-2-11-4-3-5-13(8-11)20-16(21)10-23-17(22)14-7-6-12(19)9-15(14)18/h3-9H,2,10H2,1H3,(H,20,21). The molecule has 2 aromatic carbocycles. The average Bonchev–Trinajstić information content (AvgIpc) is 2.53. The van der Waals surface area contributed by atoms with Crippen LogP contribution in [0.25, 0.3) is 0 Å². The Morgan fingerprint density at radius 3 is 2.70 bits per heavy atom.